The van der Waals surface area contributed by atoms with Crippen molar-refractivity contribution in [2.24, 2.45) is 0 Å². The molecule has 0 aliphatic heterocycles. The Bertz CT molecular complexity index is 989. The lowest BCUT2D eigenvalue weighted by molar-refractivity contribution is -0.137. The first-order chi connectivity index (χ1) is 16.5. The van der Waals surface area contributed by atoms with E-state index in [2.05, 4.69) is 6.58 Å². The van der Waals surface area contributed by atoms with Crippen LogP contribution in [-0.2, 0) is 14.3 Å². The molecule has 0 saturated carbocycles. The number of nitriles is 1. The van der Waals surface area contributed by atoms with Gasteiger partial charge in [-0.3, -0.25) is 0 Å². The number of ether oxygens (including phenoxy) is 3. The van der Waals surface area contributed by atoms with Crippen molar-refractivity contribution in [1.29, 1.82) is 5.26 Å². The monoisotopic (exact) mass is 463 g/mol. The molecule has 0 spiro atoms. The van der Waals surface area contributed by atoms with E-state index < -0.39 is 11.9 Å². The van der Waals surface area contributed by atoms with Crippen molar-refractivity contribution in [3.8, 4) is 11.8 Å². The van der Waals surface area contributed by atoms with Gasteiger partial charge in [0.05, 0.1) is 36.0 Å². The molecule has 2 aromatic carbocycles. The molecule has 0 radical (unpaired) electrons. The molecule has 7 nitrogen and oxygen atoms in total. The molecule has 0 bridgehead atoms. The highest BCUT2D eigenvalue weighted by molar-refractivity contribution is 5.92. The molecule has 0 aliphatic carbocycles. The summed E-state index contributed by atoms with van der Waals surface area (Å²) in [6.07, 6.45) is 8.02. The first-order valence-corrected chi connectivity index (χ1v) is 11.3. The largest absolute Gasteiger partial charge is 0.463 e. The number of hydrogen-bond donors (Lipinski definition) is 0. The van der Waals surface area contributed by atoms with E-state index in [0.717, 1.165) is 44.9 Å². The fourth-order valence-electron chi connectivity index (χ4n) is 3.07. The normalized spacial score (nSPS) is 10.1. The zero-order chi connectivity index (χ0) is 24.6. The molecule has 0 saturated heterocycles. The van der Waals surface area contributed by atoms with E-state index in [1.165, 1.54) is 30.3 Å². The summed E-state index contributed by atoms with van der Waals surface area (Å²) in [6, 6.07) is 14.3. The van der Waals surface area contributed by atoms with Gasteiger partial charge in [0, 0.05) is 6.08 Å². The summed E-state index contributed by atoms with van der Waals surface area (Å²) in [5.41, 5.74) is 1.17. The Labute approximate surface area is 199 Å². The van der Waals surface area contributed by atoms with E-state index in [1.807, 2.05) is 6.07 Å². The third-order valence-electron chi connectivity index (χ3n) is 4.98. The van der Waals surface area contributed by atoms with Crippen molar-refractivity contribution in [3.63, 3.8) is 0 Å². The van der Waals surface area contributed by atoms with Gasteiger partial charge in [-0.1, -0.05) is 38.7 Å². The SMILES string of the molecule is C=CC(=O)OCCCCCCCCCOC(=O)c1ccc(OC(=O)c2ccc(C#N)cc2)cc1. The average molecular weight is 464 g/mol. The van der Waals surface area contributed by atoms with Gasteiger partial charge in [-0.25, -0.2) is 14.4 Å². The van der Waals surface area contributed by atoms with Crippen LogP contribution in [-0.4, -0.2) is 31.1 Å². The fourth-order valence-corrected chi connectivity index (χ4v) is 3.07. The zero-order valence-electron chi connectivity index (χ0n) is 19.2. The van der Waals surface area contributed by atoms with E-state index in [0.29, 0.717) is 35.7 Å². The van der Waals surface area contributed by atoms with E-state index in [9.17, 15) is 14.4 Å². The summed E-state index contributed by atoms with van der Waals surface area (Å²) >= 11 is 0. The van der Waals surface area contributed by atoms with Gasteiger partial charge in [-0.15, -0.1) is 0 Å². The first kappa shape index (κ1) is 26.3. The molecule has 0 unspecified atom stereocenters. The van der Waals surface area contributed by atoms with Gasteiger partial charge in [0.1, 0.15) is 5.75 Å². The van der Waals surface area contributed by atoms with Gasteiger partial charge >= 0.3 is 17.9 Å². The molecule has 0 aromatic heterocycles. The molecule has 0 amide bonds. The standard InChI is InChI=1S/C27H29NO6/c1-2-25(29)32-18-8-6-4-3-5-7-9-19-33-26(30)22-14-16-24(17-15-22)34-27(31)23-12-10-21(20-28)11-13-23/h2,10-17H,1,3-9,18-19H2. The number of esters is 3. The third-order valence-corrected chi connectivity index (χ3v) is 4.98. The lowest BCUT2D eigenvalue weighted by atomic mass is 10.1. The van der Waals surface area contributed by atoms with Gasteiger partial charge < -0.3 is 14.2 Å². The van der Waals surface area contributed by atoms with Crippen LogP contribution in [0.2, 0.25) is 0 Å². The van der Waals surface area contributed by atoms with E-state index in [-0.39, 0.29) is 5.97 Å². The molecule has 0 fully saturated rings. The molecule has 2 rings (SSSR count). The Morgan fingerprint density at radius 1 is 0.735 bits per heavy atom. The van der Waals surface area contributed by atoms with Crippen LogP contribution in [0, 0.1) is 11.3 Å². The summed E-state index contributed by atoms with van der Waals surface area (Å²) in [5, 5.41) is 8.81. The average Bonchev–Trinajstić information content (AvgIpc) is 2.87. The highest BCUT2D eigenvalue weighted by atomic mass is 16.5. The summed E-state index contributed by atoms with van der Waals surface area (Å²) in [7, 11) is 0. The van der Waals surface area contributed by atoms with Crippen molar-refractivity contribution in [2.75, 3.05) is 13.2 Å². The number of carbonyl (C=O) groups is 3. The summed E-state index contributed by atoms with van der Waals surface area (Å²) < 4.78 is 15.5. The smallest absolute Gasteiger partial charge is 0.343 e. The quantitative estimate of drug-likeness (QED) is 0.160. The van der Waals surface area contributed by atoms with Gasteiger partial charge in [0.2, 0.25) is 0 Å². The molecule has 0 aliphatic rings. The maximum absolute atomic E-state index is 12.2. The Morgan fingerprint density at radius 3 is 1.79 bits per heavy atom. The Kier molecular flexibility index (Phi) is 11.6. The molecule has 0 heterocycles. The van der Waals surface area contributed by atoms with Crippen molar-refractivity contribution in [1.82, 2.24) is 0 Å². The predicted molar refractivity (Wildman–Crippen MR) is 126 cm³/mol. The maximum atomic E-state index is 12.2. The second-order valence-electron chi connectivity index (χ2n) is 7.59. The van der Waals surface area contributed by atoms with Gasteiger partial charge in [-0.05, 0) is 61.4 Å². The van der Waals surface area contributed by atoms with Crippen molar-refractivity contribution in [2.45, 2.75) is 44.9 Å². The second-order valence-corrected chi connectivity index (χ2v) is 7.59. The lowest BCUT2D eigenvalue weighted by Crippen LogP contribution is -2.09. The van der Waals surface area contributed by atoms with Gasteiger partial charge in [0.15, 0.2) is 0 Å². The number of nitrogens with zero attached hydrogens (tertiary/aromatic N) is 1. The van der Waals surface area contributed by atoms with E-state index in [1.54, 1.807) is 24.3 Å². The predicted octanol–water partition coefficient (Wildman–Crippen LogP) is 5.39. The zero-order valence-corrected chi connectivity index (χ0v) is 19.2. The first-order valence-electron chi connectivity index (χ1n) is 11.3. The minimum Gasteiger partial charge on any atom is -0.463 e. The van der Waals surface area contributed by atoms with Crippen LogP contribution in [0.15, 0.2) is 61.2 Å². The molecule has 34 heavy (non-hydrogen) atoms. The Morgan fingerprint density at radius 2 is 1.24 bits per heavy atom. The molecule has 178 valence electrons. The minimum absolute atomic E-state index is 0.310. The summed E-state index contributed by atoms with van der Waals surface area (Å²) in [6.45, 7) is 4.13. The van der Waals surface area contributed by atoms with Gasteiger partial charge in [-0.2, -0.15) is 5.26 Å². The fraction of sp³-hybridized carbons (Fsp3) is 0.333. The van der Waals surface area contributed by atoms with Crippen molar-refractivity contribution in [3.05, 3.63) is 77.9 Å². The third kappa shape index (κ3) is 9.70. The maximum Gasteiger partial charge on any atom is 0.343 e. The van der Waals surface area contributed by atoms with Crippen LogP contribution in [0.5, 0.6) is 5.75 Å². The molecular weight excluding hydrogens is 434 g/mol. The number of carbonyl (C=O) groups excluding carboxylic acids is 3. The highest BCUT2D eigenvalue weighted by Gasteiger charge is 2.11. The van der Waals surface area contributed by atoms with Crippen LogP contribution in [0.4, 0.5) is 0 Å². The van der Waals surface area contributed by atoms with Crippen LogP contribution < -0.4 is 4.74 Å². The summed E-state index contributed by atoms with van der Waals surface area (Å²) in [5.74, 6) is -1.03. The van der Waals surface area contributed by atoms with Crippen molar-refractivity contribution < 1.29 is 28.6 Å². The minimum atomic E-state index is -0.545. The van der Waals surface area contributed by atoms with E-state index in [4.69, 9.17) is 19.5 Å². The number of rotatable bonds is 14. The lowest BCUT2D eigenvalue weighted by Gasteiger charge is -2.07. The van der Waals surface area contributed by atoms with Crippen LogP contribution in [0.25, 0.3) is 0 Å². The second kappa shape index (κ2) is 15.0. The van der Waals surface area contributed by atoms with Crippen LogP contribution in [0.3, 0.4) is 0 Å². The molecule has 2 aromatic rings. The summed E-state index contributed by atoms with van der Waals surface area (Å²) in [4.78, 5) is 35.2. The molecule has 7 heteroatoms. The van der Waals surface area contributed by atoms with Crippen LogP contribution >= 0.6 is 0 Å². The molecule has 0 N–H and O–H groups in total. The van der Waals surface area contributed by atoms with Crippen molar-refractivity contribution >= 4 is 17.9 Å². The molecular formula is C27H29NO6. The molecule has 0 atom stereocenters. The number of benzene rings is 2. The topological polar surface area (TPSA) is 103 Å². The Balaban J connectivity index is 1.58. The number of unbranched alkanes of at least 4 members (excludes halogenated alkanes) is 6. The number of hydrogen-bond acceptors (Lipinski definition) is 7. The van der Waals surface area contributed by atoms with Crippen LogP contribution in [0.1, 0.15) is 71.2 Å². The Hall–Kier alpha value is -3.92. The van der Waals surface area contributed by atoms with E-state index >= 15 is 0 Å². The highest BCUT2D eigenvalue weighted by Crippen LogP contribution is 2.16. The van der Waals surface area contributed by atoms with Gasteiger partial charge in [0.25, 0.3) is 0 Å².